The summed E-state index contributed by atoms with van der Waals surface area (Å²) >= 11 is 13.6. The van der Waals surface area contributed by atoms with Gasteiger partial charge in [0.1, 0.15) is 0 Å². The van der Waals surface area contributed by atoms with Crippen molar-refractivity contribution in [2.24, 2.45) is 5.84 Å². The van der Waals surface area contributed by atoms with Crippen molar-refractivity contribution in [2.75, 3.05) is 0 Å². The Hall–Kier alpha value is -0.950. The average molecular weight is 485 g/mol. The molecule has 26 heavy (non-hydrogen) atoms. The highest BCUT2D eigenvalue weighted by molar-refractivity contribution is 9.10. The van der Waals surface area contributed by atoms with Crippen molar-refractivity contribution in [1.29, 1.82) is 0 Å². The highest BCUT2D eigenvalue weighted by Crippen LogP contribution is 2.11. The molecule has 0 saturated heterocycles. The maximum absolute atomic E-state index is 10.5. The molecule has 0 spiro atoms. The molecule has 0 atom stereocenters. The Labute approximate surface area is 178 Å². The van der Waals surface area contributed by atoms with Gasteiger partial charge in [-0.2, -0.15) is 0 Å². The number of nitrogens with one attached hydrogen (secondary N) is 1. The van der Waals surface area contributed by atoms with Gasteiger partial charge in [0, 0.05) is 21.1 Å². The highest BCUT2D eigenvalue weighted by atomic mass is 79.9. The lowest BCUT2D eigenvalue weighted by Gasteiger charge is -2.14. The van der Waals surface area contributed by atoms with Gasteiger partial charge in [-0.15, -0.1) is 12.4 Å². The predicted molar refractivity (Wildman–Crippen MR) is 115 cm³/mol. The average Bonchev–Trinajstić information content (AvgIpc) is 2.56. The molecule has 8 heteroatoms. The summed E-state index contributed by atoms with van der Waals surface area (Å²) in [5.41, 5.74) is 3.73. The number of hydrogen-bond donors (Lipinski definition) is 2. The van der Waals surface area contributed by atoms with Gasteiger partial charge in [0.05, 0.1) is 0 Å². The van der Waals surface area contributed by atoms with E-state index < -0.39 is 10.5 Å². The number of benzene rings is 2. The standard InChI is InChI=1S/C7H4BrClO.C7H5ClO.C4H12N2.ClH/c8-6-3-1-5(2-4-6)7(9)10;8-7(9)6-4-2-1-3-5-6;1-4(2,3)6-5;/h1-4H;1-5H;6H,5H2,1-3H3;1H. The van der Waals surface area contributed by atoms with Crippen LogP contribution in [0.2, 0.25) is 0 Å². The van der Waals surface area contributed by atoms with Crippen LogP contribution in [0.1, 0.15) is 41.5 Å². The van der Waals surface area contributed by atoms with E-state index in [1.54, 1.807) is 48.5 Å². The minimum Gasteiger partial charge on any atom is -0.276 e. The van der Waals surface area contributed by atoms with Crippen molar-refractivity contribution in [3.05, 3.63) is 70.2 Å². The second kappa shape index (κ2) is 14.2. The van der Waals surface area contributed by atoms with Crippen LogP contribution in [0.5, 0.6) is 0 Å². The largest absolute Gasteiger partial charge is 0.276 e. The zero-order valence-corrected chi connectivity index (χ0v) is 18.5. The minimum absolute atomic E-state index is 0. The number of halogens is 4. The van der Waals surface area contributed by atoms with E-state index in [1.165, 1.54) is 0 Å². The van der Waals surface area contributed by atoms with Gasteiger partial charge in [-0.25, -0.2) is 0 Å². The Morgan fingerprint density at radius 3 is 1.50 bits per heavy atom. The van der Waals surface area contributed by atoms with Gasteiger partial charge >= 0.3 is 0 Å². The van der Waals surface area contributed by atoms with Crippen molar-refractivity contribution >= 4 is 62.0 Å². The molecule has 2 rings (SSSR count). The summed E-state index contributed by atoms with van der Waals surface area (Å²) in [7, 11) is 0. The predicted octanol–water partition coefficient (Wildman–Crippen LogP) is 5.56. The molecule has 144 valence electrons. The van der Waals surface area contributed by atoms with Gasteiger partial charge in [0.15, 0.2) is 0 Å². The summed E-state index contributed by atoms with van der Waals surface area (Å²) in [5.74, 6) is 5.06. The van der Waals surface area contributed by atoms with E-state index in [9.17, 15) is 9.59 Å². The number of hydrogen-bond acceptors (Lipinski definition) is 4. The molecule has 0 radical (unpaired) electrons. The first-order valence-electron chi connectivity index (χ1n) is 7.25. The summed E-state index contributed by atoms with van der Waals surface area (Å²) in [4.78, 5) is 20.9. The fourth-order valence-corrected chi connectivity index (χ4v) is 1.67. The summed E-state index contributed by atoms with van der Waals surface area (Å²) in [6.07, 6.45) is 0. The second-order valence-electron chi connectivity index (χ2n) is 5.81. The molecule has 2 aromatic rings. The van der Waals surface area contributed by atoms with Gasteiger partial charge in [-0.1, -0.05) is 46.3 Å². The van der Waals surface area contributed by atoms with Crippen LogP contribution < -0.4 is 11.3 Å². The summed E-state index contributed by atoms with van der Waals surface area (Å²) in [6, 6.07) is 15.6. The molecule has 0 aliphatic rings. The molecule has 4 nitrogen and oxygen atoms in total. The number of rotatable bonds is 2. The third kappa shape index (κ3) is 14.2. The third-order valence-electron chi connectivity index (χ3n) is 2.50. The lowest BCUT2D eigenvalue weighted by atomic mass is 10.1. The zero-order valence-electron chi connectivity index (χ0n) is 14.6. The van der Waals surface area contributed by atoms with Crippen molar-refractivity contribution < 1.29 is 9.59 Å². The normalized spacial score (nSPS) is 9.50. The number of carbonyl (C=O) groups is 2. The highest BCUT2D eigenvalue weighted by Gasteiger charge is 2.02. The topological polar surface area (TPSA) is 72.2 Å². The van der Waals surface area contributed by atoms with Crippen LogP contribution in [0, 0.1) is 0 Å². The first kappa shape index (κ1) is 27.3. The van der Waals surface area contributed by atoms with Crippen LogP contribution >= 0.6 is 51.5 Å². The van der Waals surface area contributed by atoms with Gasteiger partial charge in [0.25, 0.3) is 10.5 Å². The Kier molecular flexibility index (Phi) is 14.8. The van der Waals surface area contributed by atoms with Crippen LogP contribution in [0.3, 0.4) is 0 Å². The van der Waals surface area contributed by atoms with E-state index in [4.69, 9.17) is 29.0 Å². The molecule has 3 N–H and O–H groups in total. The Bertz CT molecular complexity index is 660. The molecule has 0 aliphatic carbocycles. The summed E-state index contributed by atoms with van der Waals surface area (Å²) in [5, 5.41) is -0.830. The second-order valence-corrected chi connectivity index (χ2v) is 7.42. The molecule has 0 heterocycles. The lowest BCUT2D eigenvalue weighted by Crippen LogP contribution is -2.41. The minimum atomic E-state index is -0.424. The molecular weight excluding hydrogens is 462 g/mol. The number of carbonyl (C=O) groups excluding carboxylic acids is 2. The van der Waals surface area contributed by atoms with Crippen molar-refractivity contribution in [3.8, 4) is 0 Å². The van der Waals surface area contributed by atoms with E-state index in [0.717, 1.165) is 4.47 Å². The van der Waals surface area contributed by atoms with E-state index in [1.807, 2.05) is 26.8 Å². The molecule has 0 saturated carbocycles. The smallest absolute Gasteiger partial charge is 0.252 e. The molecule has 0 aliphatic heterocycles. The zero-order chi connectivity index (χ0) is 19.5. The lowest BCUT2D eigenvalue weighted by molar-refractivity contribution is 0.107. The van der Waals surface area contributed by atoms with Crippen LogP contribution in [0.4, 0.5) is 0 Å². The summed E-state index contributed by atoms with van der Waals surface area (Å²) in [6.45, 7) is 6.02. The quantitative estimate of drug-likeness (QED) is 0.332. The molecule has 2 aromatic carbocycles. The fourth-order valence-electron chi connectivity index (χ4n) is 1.15. The Balaban J connectivity index is 0. The SMILES string of the molecule is CC(C)(C)NN.Cl.O=C(Cl)c1ccc(Br)cc1.O=C(Cl)c1ccccc1. The maximum Gasteiger partial charge on any atom is 0.252 e. The van der Waals surface area contributed by atoms with Gasteiger partial charge in [-0.3, -0.25) is 20.9 Å². The maximum atomic E-state index is 10.5. The molecular formula is C18H22BrCl3N2O2. The van der Waals surface area contributed by atoms with E-state index in [0.29, 0.717) is 11.1 Å². The first-order chi connectivity index (χ1) is 11.6. The van der Waals surface area contributed by atoms with Gasteiger partial charge < -0.3 is 0 Å². The van der Waals surface area contributed by atoms with Gasteiger partial charge in [-0.05, 0) is 68.2 Å². The van der Waals surface area contributed by atoms with Crippen LogP contribution in [0.15, 0.2) is 59.1 Å². The van der Waals surface area contributed by atoms with E-state index in [-0.39, 0.29) is 17.9 Å². The first-order valence-corrected chi connectivity index (χ1v) is 8.79. The van der Waals surface area contributed by atoms with E-state index in [2.05, 4.69) is 21.4 Å². The molecule has 0 aromatic heterocycles. The van der Waals surface area contributed by atoms with Crippen molar-refractivity contribution in [3.63, 3.8) is 0 Å². The summed E-state index contributed by atoms with van der Waals surface area (Å²) < 4.78 is 0.939. The molecule has 0 amide bonds. The van der Waals surface area contributed by atoms with E-state index >= 15 is 0 Å². The van der Waals surface area contributed by atoms with Crippen LogP contribution in [-0.4, -0.2) is 16.0 Å². The van der Waals surface area contributed by atoms with Crippen molar-refractivity contribution in [1.82, 2.24) is 5.43 Å². The Morgan fingerprint density at radius 2 is 1.23 bits per heavy atom. The third-order valence-corrected chi connectivity index (χ3v) is 3.47. The van der Waals surface area contributed by atoms with Crippen LogP contribution in [0.25, 0.3) is 0 Å². The Morgan fingerprint density at radius 1 is 0.885 bits per heavy atom. The van der Waals surface area contributed by atoms with Crippen LogP contribution in [-0.2, 0) is 0 Å². The molecule has 0 fully saturated rings. The monoisotopic (exact) mass is 482 g/mol. The number of nitrogens with two attached hydrogens (primary N) is 1. The van der Waals surface area contributed by atoms with Crippen molar-refractivity contribution in [2.45, 2.75) is 26.3 Å². The molecule has 0 bridgehead atoms. The van der Waals surface area contributed by atoms with Gasteiger partial charge in [0.2, 0.25) is 0 Å². The number of hydrazine groups is 1. The fraction of sp³-hybridized carbons (Fsp3) is 0.222. The molecule has 0 unspecified atom stereocenters.